The van der Waals surface area contributed by atoms with Gasteiger partial charge >= 0.3 is 17.9 Å². The third kappa shape index (κ3) is 54.9. The third-order valence-electron chi connectivity index (χ3n) is 11.8. The van der Waals surface area contributed by atoms with Gasteiger partial charge < -0.3 is 14.2 Å². The molecule has 0 radical (unpaired) electrons. The molecule has 0 fully saturated rings. The first-order chi connectivity index (χ1) is 34.0. The Hall–Kier alpha value is -3.93. The fourth-order valence-electron chi connectivity index (χ4n) is 7.58. The molecule has 392 valence electrons. The van der Waals surface area contributed by atoms with Crippen LogP contribution in [0.3, 0.4) is 0 Å². The molecule has 0 saturated heterocycles. The molecule has 0 unspecified atom stereocenters. The topological polar surface area (TPSA) is 78.9 Å². The quantitative estimate of drug-likeness (QED) is 0.0262. The van der Waals surface area contributed by atoms with Crippen LogP contribution in [0.15, 0.2) is 109 Å². The molecule has 0 amide bonds. The summed E-state index contributed by atoms with van der Waals surface area (Å²) >= 11 is 0. The molecule has 0 heterocycles. The van der Waals surface area contributed by atoms with Crippen molar-refractivity contribution in [2.45, 2.75) is 258 Å². The Morgan fingerprint density at radius 3 is 0.899 bits per heavy atom. The lowest BCUT2D eigenvalue weighted by molar-refractivity contribution is -0.167. The van der Waals surface area contributed by atoms with E-state index in [1.807, 2.05) is 0 Å². The van der Waals surface area contributed by atoms with Gasteiger partial charge in [-0.05, 0) is 103 Å². The maximum atomic E-state index is 12.9. The molecule has 0 aliphatic carbocycles. The molecule has 0 bridgehead atoms. The van der Waals surface area contributed by atoms with E-state index in [9.17, 15) is 14.4 Å². The van der Waals surface area contributed by atoms with Crippen molar-refractivity contribution in [3.63, 3.8) is 0 Å². The lowest BCUT2D eigenvalue weighted by Gasteiger charge is -2.18. The van der Waals surface area contributed by atoms with Gasteiger partial charge in [0.2, 0.25) is 0 Å². The van der Waals surface area contributed by atoms with Gasteiger partial charge in [-0.15, -0.1) is 0 Å². The fourth-order valence-corrected chi connectivity index (χ4v) is 7.58. The number of ether oxygens (including phenoxy) is 3. The normalized spacial score (nSPS) is 12.9. The number of allylic oxidation sites excluding steroid dienone is 18. The second-order valence-electron chi connectivity index (χ2n) is 18.4. The fraction of sp³-hybridized carbons (Fsp3) is 0.667. The highest BCUT2D eigenvalue weighted by Crippen LogP contribution is 2.15. The van der Waals surface area contributed by atoms with Crippen LogP contribution in [0.5, 0.6) is 0 Å². The number of esters is 3. The highest BCUT2D eigenvalue weighted by molar-refractivity contribution is 5.71. The minimum absolute atomic E-state index is 0.101. The van der Waals surface area contributed by atoms with Gasteiger partial charge in [0.05, 0.1) is 0 Å². The summed E-state index contributed by atoms with van der Waals surface area (Å²) in [6, 6.07) is 0. The van der Waals surface area contributed by atoms with E-state index in [0.29, 0.717) is 19.3 Å². The number of carbonyl (C=O) groups is 3. The first kappa shape index (κ1) is 65.1. The second kappa shape index (κ2) is 56.7. The van der Waals surface area contributed by atoms with E-state index < -0.39 is 6.10 Å². The predicted molar refractivity (Wildman–Crippen MR) is 297 cm³/mol. The van der Waals surface area contributed by atoms with Crippen LogP contribution in [0.1, 0.15) is 252 Å². The van der Waals surface area contributed by atoms with Crippen molar-refractivity contribution < 1.29 is 28.6 Å². The molecule has 0 rings (SSSR count). The van der Waals surface area contributed by atoms with Crippen molar-refractivity contribution in [2.75, 3.05) is 13.2 Å². The van der Waals surface area contributed by atoms with Gasteiger partial charge in [-0.3, -0.25) is 14.4 Å². The van der Waals surface area contributed by atoms with Gasteiger partial charge in [0.25, 0.3) is 0 Å². The number of carbonyl (C=O) groups excluding carboxylic acids is 3. The van der Waals surface area contributed by atoms with E-state index in [0.717, 1.165) is 135 Å². The molecule has 0 aromatic heterocycles. The Morgan fingerprint density at radius 2 is 0.565 bits per heavy atom. The molecule has 6 nitrogen and oxygen atoms in total. The minimum Gasteiger partial charge on any atom is -0.462 e. The summed E-state index contributed by atoms with van der Waals surface area (Å²) in [5, 5.41) is 0. The highest BCUT2D eigenvalue weighted by Gasteiger charge is 2.19. The van der Waals surface area contributed by atoms with E-state index >= 15 is 0 Å². The SMILES string of the molecule is CC/C=C\C/C=C\C/C=C\C/C=C\C/C=C\CCCCCC(=O)OC[C@H](COC(=O)CCCCCC/C=C\C/C=C\C/C=C\C/C=C\CC)OC(=O)CCCCCCCCCCCCCCCCC. The number of rotatable bonds is 50. The molecular weight excluding hydrogens is 853 g/mol. The summed E-state index contributed by atoms with van der Waals surface area (Å²) in [6.45, 7) is 6.37. The number of unbranched alkanes of at least 4 members (excludes halogenated alkanes) is 21. The molecule has 6 heteroatoms. The van der Waals surface area contributed by atoms with Gasteiger partial charge in [-0.1, -0.05) is 239 Å². The zero-order chi connectivity index (χ0) is 50.0. The van der Waals surface area contributed by atoms with Crippen LogP contribution in [-0.4, -0.2) is 37.2 Å². The molecule has 0 saturated carbocycles. The molecule has 0 aromatic rings. The zero-order valence-electron chi connectivity index (χ0n) is 44.8. The van der Waals surface area contributed by atoms with E-state index in [1.54, 1.807) is 0 Å². The smallest absolute Gasteiger partial charge is 0.306 e. The van der Waals surface area contributed by atoms with Crippen molar-refractivity contribution in [3.05, 3.63) is 109 Å². The summed E-state index contributed by atoms with van der Waals surface area (Å²) in [5.74, 6) is -0.953. The Kier molecular flexibility index (Phi) is 53.4. The molecule has 69 heavy (non-hydrogen) atoms. The van der Waals surface area contributed by atoms with Crippen LogP contribution >= 0.6 is 0 Å². The average molecular weight is 958 g/mol. The first-order valence-corrected chi connectivity index (χ1v) is 28.4. The third-order valence-corrected chi connectivity index (χ3v) is 11.8. The maximum absolute atomic E-state index is 12.9. The Bertz CT molecular complexity index is 1420. The summed E-state index contributed by atoms with van der Waals surface area (Å²) in [6.07, 6.45) is 76.4. The van der Waals surface area contributed by atoms with E-state index in [1.165, 1.54) is 77.0 Å². The van der Waals surface area contributed by atoms with Gasteiger partial charge in [0.15, 0.2) is 6.10 Å². The summed E-state index contributed by atoms with van der Waals surface area (Å²) < 4.78 is 16.8. The van der Waals surface area contributed by atoms with Crippen LogP contribution in [0.2, 0.25) is 0 Å². The number of hydrogen-bond donors (Lipinski definition) is 0. The Balaban J connectivity index is 4.49. The standard InChI is InChI=1S/C63H104O6/c1-4-7-10-13-16-19-22-25-28-30-31-33-36-38-41-44-47-50-53-56-62(65)68-59-60(69-63(66)57-54-51-48-45-42-39-34-27-24-21-18-15-12-9-6-3)58-67-61(64)55-52-49-46-43-40-37-35-32-29-26-23-20-17-14-11-8-5-2/h7-8,10-11,16-17,19-20,25-26,28-29,31,33,35,37-38,41,60H,4-6,9,12-15,18,21-24,27,30,32,34,36,39-40,42-59H2,1-3H3/b10-7-,11-8-,19-16-,20-17-,28-25-,29-26-,33-31-,37-35-,41-38-/t60-/m0/s1. The van der Waals surface area contributed by atoms with E-state index in [2.05, 4.69) is 130 Å². The summed E-state index contributed by atoms with van der Waals surface area (Å²) in [5.41, 5.74) is 0. The van der Waals surface area contributed by atoms with Crippen LogP contribution in [-0.2, 0) is 28.6 Å². The second-order valence-corrected chi connectivity index (χ2v) is 18.4. The molecule has 0 aliphatic heterocycles. The highest BCUT2D eigenvalue weighted by atomic mass is 16.6. The Labute approximate surface area is 425 Å². The largest absolute Gasteiger partial charge is 0.462 e. The van der Waals surface area contributed by atoms with Crippen molar-refractivity contribution in [1.82, 2.24) is 0 Å². The van der Waals surface area contributed by atoms with Crippen LogP contribution in [0, 0.1) is 0 Å². The minimum atomic E-state index is -0.803. The van der Waals surface area contributed by atoms with Crippen molar-refractivity contribution >= 4 is 17.9 Å². The van der Waals surface area contributed by atoms with Crippen molar-refractivity contribution in [2.24, 2.45) is 0 Å². The van der Waals surface area contributed by atoms with Gasteiger partial charge in [0, 0.05) is 19.3 Å². The van der Waals surface area contributed by atoms with Crippen LogP contribution in [0.4, 0.5) is 0 Å². The van der Waals surface area contributed by atoms with Crippen LogP contribution in [0.25, 0.3) is 0 Å². The summed E-state index contributed by atoms with van der Waals surface area (Å²) in [4.78, 5) is 38.2. The first-order valence-electron chi connectivity index (χ1n) is 28.4. The van der Waals surface area contributed by atoms with Gasteiger partial charge in [-0.25, -0.2) is 0 Å². The van der Waals surface area contributed by atoms with Crippen molar-refractivity contribution in [1.29, 1.82) is 0 Å². The lowest BCUT2D eigenvalue weighted by atomic mass is 10.0. The van der Waals surface area contributed by atoms with Gasteiger partial charge in [0.1, 0.15) is 13.2 Å². The molecule has 1 atom stereocenters. The molecular formula is C63H104O6. The summed E-state index contributed by atoms with van der Waals surface area (Å²) in [7, 11) is 0. The lowest BCUT2D eigenvalue weighted by Crippen LogP contribution is -2.30. The average Bonchev–Trinajstić information content (AvgIpc) is 3.35. The van der Waals surface area contributed by atoms with Gasteiger partial charge in [-0.2, -0.15) is 0 Å². The Morgan fingerprint density at radius 1 is 0.304 bits per heavy atom. The van der Waals surface area contributed by atoms with E-state index in [-0.39, 0.29) is 31.1 Å². The molecule has 0 aromatic carbocycles. The van der Waals surface area contributed by atoms with Crippen LogP contribution < -0.4 is 0 Å². The molecule has 0 N–H and O–H groups in total. The number of hydrogen-bond acceptors (Lipinski definition) is 6. The van der Waals surface area contributed by atoms with Crippen molar-refractivity contribution in [3.8, 4) is 0 Å². The predicted octanol–water partition coefficient (Wildman–Crippen LogP) is 19.1. The maximum Gasteiger partial charge on any atom is 0.306 e. The van der Waals surface area contributed by atoms with E-state index in [4.69, 9.17) is 14.2 Å². The zero-order valence-corrected chi connectivity index (χ0v) is 44.8. The molecule has 0 aliphatic rings. The monoisotopic (exact) mass is 957 g/mol. The molecule has 0 spiro atoms.